The van der Waals surface area contributed by atoms with Gasteiger partial charge in [0.05, 0.1) is 5.60 Å². The normalized spacial score (nSPS) is 26.6. The fourth-order valence-corrected chi connectivity index (χ4v) is 4.54. The lowest BCUT2D eigenvalue weighted by atomic mass is 9.85. The lowest BCUT2D eigenvalue weighted by Crippen LogP contribution is -2.20. The number of ether oxygens (including phenoxy) is 1. The molecule has 2 aliphatic carbocycles. The number of aromatic nitrogens is 1. The highest BCUT2D eigenvalue weighted by molar-refractivity contribution is 6.35. The van der Waals surface area contributed by atoms with Crippen LogP contribution in [0.15, 0.2) is 41.6 Å². The van der Waals surface area contributed by atoms with Crippen LogP contribution in [0.1, 0.15) is 37.7 Å². The van der Waals surface area contributed by atoms with E-state index in [4.69, 9.17) is 27.9 Å². The molecule has 0 spiro atoms. The van der Waals surface area contributed by atoms with Crippen LogP contribution in [-0.2, 0) is 6.61 Å². The Morgan fingerprint density at radius 2 is 1.89 bits per heavy atom. The zero-order valence-electron chi connectivity index (χ0n) is 14.8. The average molecular weight is 406 g/mol. The summed E-state index contributed by atoms with van der Waals surface area (Å²) in [6.07, 6.45) is 8.07. The van der Waals surface area contributed by atoms with Crippen LogP contribution >= 0.6 is 23.2 Å². The molecule has 2 aliphatic rings. The zero-order chi connectivity index (χ0) is 18.9. The van der Waals surface area contributed by atoms with E-state index in [0.717, 1.165) is 37.7 Å². The summed E-state index contributed by atoms with van der Waals surface area (Å²) < 4.78 is 5.88. The van der Waals surface area contributed by atoms with Crippen molar-refractivity contribution in [3.8, 4) is 5.75 Å². The highest BCUT2D eigenvalue weighted by Gasteiger charge is 2.52. The van der Waals surface area contributed by atoms with Crippen LogP contribution in [0.4, 0.5) is 5.82 Å². The number of hydrazone groups is 1. The number of anilines is 1. The lowest BCUT2D eigenvalue weighted by molar-refractivity contribution is 0.0521. The third-order valence-corrected chi connectivity index (χ3v) is 6.28. The summed E-state index contributed by atoms with van der Waals surface area (Å²) in [5.41, 5.74) is 3.23. The second-order valence-electron chi connectivity index (χ2n) is 7.47. The van der Waals surface area contributed by atoms with Gasteiger partial charge in [0.25, 0.3) is 0 Å². The van der Waals surface area contributed by atoms with Crippen molar-refractivity contribution in [2.45, 2.75) is 44.3 Å². The molecule has 0 unspecified atom stereocenters. The Balaban J connectivity index is 1.43. The molecule has 0 amide bonds. The standard InChI is InChI=1S/C20H21Cl2N3O2/c21-15-3-1-4-16(22)14(15)11-27-17-5-2-10-23-18(17)25-24-13-19-6-8-20(26,12-19)9-7-19/h1-5,10,13,26H,6-9,11-12H2,(H,23,25)/b24-13+. The topological polar surface area (TPSA) is 66.7 Å². The Labute approximate surface area is 168 Å². The van der Waals surface area contributed by atoms with Gasteiger partial charge in [0, 0.05) is 33.4 Å². The fraction of sp³-hybridized carbons (Fsp3) is 0.400. The molecule has 0 atom stereocenters. The van der Waals surface area contributed by atoms with Crippen LogP contribution in [0.5, 0.6) is 5.75 Å². The Bertz CT molecular complexity index is 844. The highest BCUT2D eigenvalue weighted by Crippen LogP contribution is 2.55. The number of halogens is 2. The highest BCUT2D eigenvalue weighted by atomic mass is 35.5. The fourth-order valence-electron chi connectivity index (χ4n) is 4.04. The van der Waals surface area contributed by atoms with Crippen molar-refractivity contribution in [2.75, 3.05) is 5.43 Å². The molecule has 2 N–H and O–H groups in total. The Kier molecular flexibility index (Phi) is 5.01. The molecular formula is C20H21Cl2N3O2. The Hall–Kier alpha value is -1.82. The molecule has 2 saturated carbocycles. The van der Waals surface area contributed by atoms with Crippen molar-refractivity contribution >= 4 is 35.2 Å². The Morgan fingerprint density at radius 1 is 1.15 bits per heavy atom. The largest absolute Gasteiger partial charge is 0.485 e. The Morgan fingerprint density at radius 3 is 2.56 bits per heavy atom. The van der Waals surface area contributed by atoms with Crippen molar-refractivity contribution in [1.29, 1.82) is 0 Å². The first-order valence-electron chi connectivity index (χ1n) is 9.02. The van der Waals surface area contributed by atoms with Gasteiger partial charge in [0.2, 0.25) is 0 Å². The van der Waals surface area contributed by atoms with Crippen LogP contribution in [0.3, 0.4) is 0 Å². The summed E-state index contributed by atoms with van der Waals surface area (Å²) in [6.45, 7) is 0.236. The summed E-state index contributed by atoms with van der Waals surface area (Å²) in [6, 6.07) is 8.97. The number of nitrogens with zero attached hydrogens (tertiary/aromatic N) is 2. The molecular weight excluding hydrogens is 385 g/mol. The molecule has 0 radical (unpaired) electrons. The zero-order valence-corrected chi connectivity index (χ0v) is 16.3. The van der Waals surface area contributed by atoms with Gasteiger partial charge in [-0.25, -0.2) is 4.98 Å². The average Bonchev–Trinajstić information content (AvgIpc) is 3.16. The van der Waals surface area contributed by atoms with Gasteiger partial charge in [-0.1, -0.05) is 29.3 Å². The number of rotatable bonds is 6. The number of hydrogen-bond donors (Lipinski definition) is 2. The molecule has 27 heavy (non-hydrogen) atoms. The van der Waals surface area contributed by atoms with Crippen molar-refractivity contribution < 1.29 is 9.84 Å². The molecule has 0 saturated heterocycles. The van der Waals surface area contributed by atoms with Gasteiger partial charge in [-0.05, 0) is 56.4 Å². The van der Waals surface area contributed by atoms with Crippen LogP contribution in [0.2, 0.25) is 10.0 Å². The van der Waals surface area contributed by atoms with Gasteiger partial charge in [0.1, 0.15) is 6.61 Å². The summed E-state index contributed by atoms with van der Waals surface area (Å²) >= 11 is 12.4. The van der Waals surface area contributed by atoms with E-state index >= 15 is 0 Å². The van der Waals surface area contributed by atoms with Crippen LogP contribution in [-0.4, -0.2) is 21.9 Å². The number of benzene rings is 1. The molecule has 2 aromatic rings. The predicted molar refractivity (Wildman–Crippen MR) is 108 cm³/mol. The van der Waals surface area contributed by atoms with Crippen molar-refractivity contribution in [3.63, 3.8) is 0 Å². The van der Waals surface area contributed by atoms with E-state index in [1.165, 1.54) is 0 Å². The third-order valence-electron chi connectivity index (χ3n) is 5.57. The number of hydrogen-bond acceptors (Lipinski definition) is 5. The second kappa shape index (κ2) is 7.30. The number of nitrogens with one attached hydrogen (secondary N) is 1. The van der Waals surface area contributed by atoms with Gasteiger partial charge in [-0.2, -0.15) is 5.10 Å². The monoisotopic (exact) mass is 405 g/mol. The van der Waals surface area contributed by atoms with Crippen molar-refractivity contribution in [1.82, 2.24) is 4.98 Å². The molecule has 5 nitrogen and oxygen atoms in total. The summed E-state index contributed by atoms with van der Waals surface area (Å²) in [7, 11) is 0. The molecule has 4 rings (SSSR count). The smallest absolute Gasteiger partial charge is 0.189 e. The van der Waals surface area contributed by atoms with Crippen molar-refractivity contribution in [3.05, 3.63) is 52.1 Å². The van der Waals surface area contributed by atoms with E-state index in [1.54, 1.807) is 30.5 Å². The van der Waals surface area contributed by atoms with Crippen LogP contribution in [0.25, 0.3) is 0 Å². The van der Waals surface area contributed by atoms with Crippen LogP contribution in [0, 0.1) is 5.41 Å². The van der Waals surface area contributed by atoms with Crippen molar-refractivity contribution in [2.24, 2.45) is 10.5 Å². The summed E-state index contributed by atoms with van der Waals surface area (Å²) in [4.78, 5) is 4.31. The van der Waals surface area contributed by atoms with Gasteiger partial charge < -0.3 is 9.84 Å². The van der Waals surface area contributed by atoms with E-state index in [-0.39, 0.29) is 12.0 Å². The summed E-state index contributed by atoms with van der Waals surface area (Å²) in [5, 5.41) is 15.9. The SMILES string of the molecule is OC12CCC(/C=N/Nc3ncccc3OCc3c(Cl)cccc3Cl)(CC1)C2. The molecule has 2 bridgehead atoms. The summed E-state index contributed by atoms with van der Waals surface area (Å²) in [5.74, 6) is 1.09. The van der Waals surface area contributed by atoms with E-state index in [2.05, 4.69) is 15.5 Å². The van der Waals surface area contributed by atoms with E-state index < -0.39 is 5.60 Å². The molecule has 142 valence electrons. The minimum Gasteiger partial charge on any atom is -0.485 e. The number of aliphatic hydroxyl groups is 1. The quantitative estimate of drug-likeness (QED) is 0.520. The molecule has 1 aromatic carbocycles. The minimum atomic E-state index is -0.487. The van der Waals surface area contributed by atoms with Gasteiger partial charge in [-0.15, -0.1) is 0 Å². The lowest BCUT2D eigenvalue weighted by Gasteiger charge is -2.21. The minimum absolute atomic E-state index is 0.00262. The number of fused-ring (bicyclic) bond motifs is 2. The van der Waals surface area contributed by atoms with Gasteiger partial charge in [0.15, 0.2) is 11.6 Å². The maximum atomic E-state index is 10.4. The predicted octanol–water partition coefficient (Wildman–Crippen LogP) is 5.06. The molecule has 0 aliphatic heterocycles. The first-order chi connectivity index (χ1) is 13.0. The van der Waals surface area contributed by atoms with E-state index in [9.17, 15) is 5.11 Å². The van der Waals surface area contributed by atoms with Gasteiger partial charge in [-0.3, -0.25) is 5.43 Å². The molecule has 2 fully saturated rings. The molecule has 7 heteroatoms. The second-order valence-corrected chi connectivity index (χ2v) is 8.29. The maximum Gasteiger partial charge on any atom is 0.189 e. The van der Waals surface area contributed by atoms with Crippen LogP contribution < -0.4 is 10.2 Å². The molecule has 1 heterocycles. The molecule has 1 aromatic heterocycles. The van der Waals surface area contributed by atoms with E-state index in [1.807, 2.05) is 12.3 Å². The maximum absolute atomic E-state index is 10.4. The first-order valence-corrected chi connectivity index (χ1v) is 9.78. The first kappa shape index (κ1) is 18.5. The van der Waals surface area contributed by atoms with Gasteiger partial charge >= 0.3 is 0 Å². The van der Waals surface area contributed by atoms with E-state index in [0.29, 0.717) is 21.6 Å². The number of pyridine rings is 1. The third kappa shape index (κ3) is 3.91.